The summed E-state index contributed by atoms with van der Waals surface area (Å²) in [5, 5.41) is 4.96. The second kappa shape index (κ2) is 16.8. The Morgan fingerprint density at radius 1 is 0.714 bits per heavy atom. The van der Waals surface area contributed by atoms with Crippen molar-refractivity contribution in [2.75, 3.05) is 0 Å². The molecule has 0 unspecified atom stereocenters. The molecule has 4 rings (SSSR count). The fourth-order valence-corrected chi connectivity index (χ4v) is 26.9. The smallest absolute Gasteiger partial charge is 0.0955 e. The van der Waals surface area contributed by atoms with Crippen LogP contribution >= 0.6 is 22.7 Å². The quantitative estimate of drug-likeness (QED) is 0.220. The Kier molecular flexibility index (Phi) is 14.2. The molecular weight excluding hydrogens is 571 g/mol. The van der Waals surface area contributed by atoms with E-state index in [1.807, 2.05) is 20.4 Å². The van der Waals surface area contributed by atoms with E-state index in [2.05, 4.69) is 48.7 Å². The molecule has 2 aliphatic rings. The molecule has 0 atom stereocenters. The predicted octanol–water partition coefficient (Wildman–Crippen LogP) is 10.4. The summed E-state index contributed by atoms with van der Waals surface area (Å²) in [6, 6.07) is 0. The van der Waals surface area contributed by atoms with Gasteiger partial charge in [0, 0.05) is 17.5 Å². The van der Waals surface area contributed by atoms with Crippen molar-refractivity contribution >= 4 is 43.9 Å². The third-order valence-electron chi connectivity index (χ3n) is 8.43. The fraction of sp³-hybridized carbons (Fsp3) is 0.800. The van der Waals surface area contributed by atoms with Crippen molar-refractivity contribution in [3.8, 4) is 0 Å². The first-order valence-corrected chi connectivity index (χ1v) is 24.3. The van der Waals surface area contributed by atoms with E-state index >= 15 is 0 Å². The molecule has 198 valence electrons. The van der Waals surface area contributed by atoms with Crippen molar-refractivity contribution in [3.05, 3.63) is 27.8 Å². The molecule has 2 heterocycles. The first kappa shape index (κ1) is 29.6. The van der Waals surface area contributed by atoms with Gasteiger partial charge in [0.25, 0.3) is 0 Å². The zero-order chi connectivity index (χ0) is 24.8. The van der Waals surface area contributed by atoms with Gasteiger partial charge >= 0.3 is 159 Å². The molecule has 2 saturated carbocycles. The van der Waals surface area contributed by atoms with E-state index in [4.69, 9.17) is 4.98 Å². The molecular formula is C30H52N2S2Sn. The van der Waals surface area contributed by atoms with Crippen LogP contribution < -0.4 is 2.89 Å². The Labute approximate surface area is 229 Å². The topological polar surface area (TPSA) is 25.8 Å². The van der Waals surface area contributed by atoms with E-state index in [0.717, 1.165) is 11.8 Å². The zero-order valence-electron chi connectivity index (χ0n) is 23.0. The van der Waals surface area contributed by atoms with E-state index in [9.17, 15) is 0 Å². The Bertz CT molecular complexity index is 754. The standard InChI is InChI=1S/C9H13NS.C9H12NS.3C4H9.Sn/c2*1-2-4-8(5-3-1)9-10-6-7-11-9;3*1-3-4-2;/h6-8H,1-5H2;6,8H,1-5H2;3*1,3-4H2,2H3;. The molecule has 2 aliphatic carbocycles. The van der Waals surface area contributed by atoms with Crippen LogP contribution in [0.5, 0.6) is 0 Å². The number of thiazole rings is 2. The van der Waals surface area contributed by atoms with Gasteiger partial charge in [-0.05, 0) is 12.8 Å². The summed E-state index contributed by atoms with van der Waals surface area (Å²) in [5.74, 6) is 1.59. The van der Waals surface area contributed by atoms with Crippen LogP contribution in [0.4, 0.5) is 0 Å². The molecule has 0 bridgehead atoms. The maximum Gasteiger partial charge on any atom is 0.0955 e. The van der Waals surface area contributed by atoms with E-state index in [1.165, 1.54) is 113 Å². The number of hydrogen-bond acceptors (Lipinski definition) is 4. The van der Waals surface area contributed by atoms with Crippen LogP contribution in [0.1, 0.15) is 145 Å². The van der Waals surface area contributed by atoms with Gasteiger partial charge in [-0.3, -0.25) is 0 Å². The largest absolute Gasteiger partial charge is 0.249 e. The van der Waals surface area contributed by atoms with Crippen LogP contribution in [0.2, 0.25) is 13.3 Å². The van der Waals surface area contributed by atoms with Gasteiger partial charge in [0.2, 0.25) is 0 Å². The van der Waals surface area contributed by atoms with Gasteiger partial charge in [-0.1, -0.05) is 19.3 Å². The summed E-state index contributed by atoms with van der Waals surface area (Å²) < 4.78 is 6.58. The molecule has 0 N–H and O–H groups in total. The monoisotopic (exact) mass is 624 g/mol. The van der Waals surface area contributed by atoms with Gasteiger partial charge in [0.05, 0.1) is 5.01 Å². The average molecular weight is 624 g/mol. The van der Waals surface area contributed by atoms with E-state index in [1.54, 1.807) is 13.3 Å². The first-order chi connectivity index (χ1) is 17.2. The third-order valence-corrected chi connectivity index (χ3v) is 28.7. The van der Waals surface area contributed by atoms with Gasteiger partial charge in [-0.25, -0.2) is 4.98 Å². The third kappa shape index (κ3) is 9.39. The summed E-state index contributed by atoms with van der Waals surface area (Å²) in [7, 11) is 0. The number of rotatable bonds is 12. The minimum absolute atomic E-state index is 0.795. The molecule has 0 aliphatic heterocycles. The summed E-state index contributed by atoms with van der Waals surface area (Å²) in [4.78, 5) is 9.36. The molecule has 0 radical (unpaired) electrons. The fourth-order valence-electron chi connectivity index (χ4n) is 6.15. The summed E-state index contributed by atoms with van der Waals surface area (Å²) >= 11 is 1.78. The van der Waals surface area contributed by atoms with Crippen molar-refractivity contribution in [2.24, 2.45) is 0 Å². The maximum atomic E-state index is 5.00. The predicted molar refractivity (Wildman–Crippen MR) is 160 cm³/mol. The normalized spacial score (nSPS) is 17.8. The molecule has 35 heavy (non-hydrogen) atoms. The summed E-state index contributed by atoms with van der Waals surface area (Å²) in [6.45, 7) is 7.11. The molecule has 2 aromatic rings. The maximum absolute atomic E-state index is 5.00. The SMILES string of the molecule is CCC[CH2][Sn]([CH2]CCC)([CH2]CCC)[c]1cnc(C2CCCCC2)s1.c1csc(C2CCCCC2)n1. The van der Waals surface area contributed by atoms with E-state index < -0.39 is 18.4 Å². The van der Waals surface area contributed by atoms with Crippen molar-refractivity contribution in [1.29, 1.82) is 0 Å². The number of aromatic nitrogens is 2. The molecule has 2 nitrogen and oxygen atoms in total. The minimum atomic E-state index is -2.21. The van der Waals surface area contributed by atoms with Crippen LogP contribution in [0.25, 0.3) is 0 Å². The molecule has 5 heteroatoms. The Morgan fingerprint density at radius 2 is 1.23 bits per heavy atom. The molecule has 2 aromatic heterocycles. The van der Waals surface area contributed by atoms with Gasteiger partial charge in [0.1, 0.15) is 0 Å². The molecule has 0 aromatic carbocycles. The molecule has 0 amide bonds. The number of unbranched alkanes of at least 4 members (excludes halogenated alkanes) is 3. The van der Waals surface area contributed by atoms with Crippen LogP contribution in [0, 0.1) is 0 Å². The zero-order valence-corrected chi connectivity index (χ0v) is 27.5. The summed E-state index contributed by atoms with van der Waals surface area (Å²) in [5.41, 5.74) is 0. The molecule has 2 fully saturated rings. The Morgan fingerprint density at radius 3 is 1.69 bits per heavy atom. The first-order valence-electron chi connectivity index (χ1n) is 15.1. The van der Waals surface area contributed by atoms with Crippen LogP contribution in [0.15, 0.2) is 17.8 Å². The van der Waals surface area contributed by atoms with Crippen LogP contribution in [-0.2, 0) is 0 Å². The summed E-state index contributed by atoms with van der Waals surface area (Å²) in [6.07, 6.45) is 26.9. The van der Waals surface area contributed by atoms with Crippen molar-refractivity contribution in [3.63, 3.8) is 0 Å². The van der Waals surface area contributed by atoms with Crippen LogP contribution in [-0.4, -0.2) is 28.3 Å². The van der Waals surface area contributed by atoms with E-state index in [-0.39, 0.29) is 0 Å². The minimum Gasteiger partial charge on any atom is -0.249 e. The molecule has 0 spiro atoms. The van der Waals surface area contributed by atoms with Crippen molar-refractivity contribution in [2.45, 2.75) is 149 Å². The Balaban J connectivity index is 0.000000256. The number of hydrogen-bond donors (Lipinski definition) is 0. The second-order valence-corrected chi connectivity index (χ2v) is 27.3. The van der Waals surface area contributed by atoms with Crippen molar-refractivity contribution < 1.29 is 0 Å². The van der Waals surface area contributed by atoms with Gasteiger partial charge in [-0.2, -0.15) is 0 Å². The second-order valence-electron chi connectivity index (χ2n) is 11.2. The Hall–Kier alpha value is 0.0587. The average Bonchev–Trinajstić information content (AvgIpc) is 3.63. The number of nitrogens with zero attached hydrogens (tertiary/aromatic N) is 2. The van der Waals surface area contributed by atoms with Crippen LogP contribution in [0.3, 0.4) is 0 Å². The van der Waals surface area contributed by atoms with Crippen molar-refractivity contribution in [1.82, 2.24) is 9.97 Å². The molecule has 0 saturated heterocycles. The van der Waals surface area contributed by atoms with E-state index in [0.29, 0.717) is 0 Å². The van der Waals surface area contributed by atoms with Gasteiger partial charge in [-0.15, -0.1) is 11.3 Å². The van der Waals surface area contributed by atoms with Gasteiger partial charge in [0.15, 0.2) is 0 Å². The van der Waals surface area contributed by atoms with Gasteiger partial charge < -0.3 is 0 Å².